The van der Waals surface area contributed by atoms with Crippen LogP contribution >= 0.6 is 0 Å². The van der Waals surface area contributed by atoms with Crippen LogP contribution in [0.5, 0.6) is 0 Å². The molecule has 0 aromatic carbocycles. The zero-order valence-corrected chi connectivity index (χ0v) is 17.3. The fraction of sp³-hybridized carbons (Fsp3) is 0.292. The Morgan fingerprint density at radius 1 is 1.27 bits per heavy atom. The summed E-state index contributed by atoms with van der Waals surface area (Å²) in [5.41, 5.74) is 3.91. The number of pyridine rings is 2. The molecule has 1 fully saturated rings. The molecule has 4 rings (SSSR count). The SMILES string of the molecule is C=CC(=O)N1CCC(Nc2cc3cccnc3n2Cc2nc(C)ccc2C=C)CC1. The maximum absolute atomic E-state index is 11.9. The number of piperidine rings is 1. The molecule has 0 unspecified atom stereocenters. The molecule has 30 heavy (non-hydrogen) atoms. The van der Waals surface area contributed by atoms with Gasteiger partial charge in [-0.05, 0) is 55.7 Å². The Morgan fingerprint density at radius 2 is 2.07 bits per heavy atom. The van der Waals surface area contributed by atoms with Crippen molar-refractivity contribution in [1.29, 1.82) is 0 Å². The summed E-state index contributed by atoms with van der Waals surface area (Å²) in [5.74, 6) is 1.03. The molecule has 6 heteroatoms. The van der Waals surface area contributed by atoms with Gasteiger partial charge < -0.3 is 14.8 Å². The van der Waals surface area contributed by atoms with Crippen molar-refractivity contribution in [1.82, 2.24) is 19.4 Å². The number of carbonyl (C=O) groups excluding carboxylic acids is 1. The molecule has 0 atom stereocenters. The molecule has 0 radical (unpaired) electrons. The highest BCUT2D eigenvalue weighted by atomic mass is 16.2. The number of hydrogen-bond acceptors (Lipinski definition) is 4. The van der Waals surface area contributed by atoms with E-state index in [9.17, 15) is 4.79 Å². The Bertz CT molecular complexity index is 1090. The fourth-order valence-electron chi connectivity index (χ4n) is 4.03. The van der Waals surface area contributed by atoms with Crippen LogP contribution in [0, 0.1) is 6.92 Å². The molecular weight excluding hydrogens is 374 g/mol. The summed E-state index contributed by atoms with van der Waals surface area (Å²) < 4.78 is 2.19. The van der Waals surface area contributed by atoms with E-state index in [-0.39, 0.29) is 5.91 Å². The fourth-order valence-corrected chi connectivity index (χ4v) is 4.03. The normalized spacial score (nSPS) is 14.6. The van der Waals surface area contributed by atoms with Gasteiger partial charge in [-0.2, -0.15) is 0 Å². The molecule has 6 nitrogen and oxygen atoms in total. The summed E-state index contributed by atoms with van der Waals surface area (Å²) in [6, 6.07) is 10.5. The molecule has 1 amide bonds. The molecule has 0 aliphatic carbocycles. The van der Waals surface area contributed by atoms with Crippen LogP contribution in [0.1, 0.15) is 29.8 Å². The average molecular weight is 402 g/mol. The van der Waals surface area contributed by atoms with Crippen LogP contribution in [0.4, 0.5) is 5.82 Å². The number of amides is 1. The molecule has 0 saturated carbocycles. The van der Waals surface area contributed by atoms with Crippen molar-refractivity contribution in [3.63, 3.8) is 0 Å². The van der Waals surface area contributed by atoms with E-state index in [1.807, 2.05) is 36.2 Å². The number of anilines is 1. The third-order valence-corrected chi connectivity index (χ3v) is 5.67. The van der Waals surface area contributed by atoms with Gasteiger partial charge in [0.25, 0.3) is 0 Å². The molecule has 3 aromatic heterocycles. The maximum atomic E-state index is 11.9. The first kappa shape index (κ1) is 19.9. The smallest absolute Gasteiger partial charge is 0.245 e. The zero-order chi connectivity index (χ0) is 21.1. The van der Waals surface area contributed by atoms with E-state index in [1.165, 1.54) is 6.08 Å². The Morgan fingerprint density at radius 3 is 2.80 bits per heavy atom. The van der Waals surface area contributed by atoms with Gasteiger partial charge in [-0.1, -0.05) is 25.3 Å². The van der Waals surface area contributed by atoms with Crippen LogP contribution in [0.2, 0.25) is 0 Å². The number of aromatic nitrogens is 3. The molecule has 1 saturated heterocycles. The molecule has 4 heterocycles. The van der Waals surface area contributed by atoms with E-state index >= 15 is 0 Å². The lowest BCUT2D eigenvalue weighted by Gasteiger charge is -2.32. The molecule has 1 N–H and O–H groups in total. The predicted molar refractivity (Wildman–Crippen MR) is 121 cm³/mol. The van der Waals surface area contributed by atoms with E-state index in [4.69, 9.17) is 4.98 Å². The van der Waals surface area contributed by atoms with Gasteiger partial charge in [-0.15, -0.1) is 0 Å². The first-order valence-corrected chi connectivity index (χ1v) is 10.3. The quantitative estimate of drug-likeness (QED) is 0.634. The van der Waals surface area contributed by atoms with Gasteiger partial charge in [0.1, 0.15) is 11.5 Å². The van der Waals surface area contributed by atoms with E-state index in [0.29, 0.717) is 12.6 Å². The Kier molecular flexibility index (Phi) is 5.65. The first-order valence-electron chi connectivity index (χ1n) is 10.3. The van der Waals surface area contributed by atoms with Crippen LogP contribution in [0.3, 0.4) is 0 Å². The van der Waals surface area contributed by atoms with Crippen molar-refractivity contribution in [2.24, 2.45) is 0 Å². The monoisotopic (exact) mass is 401 g/mol. The Balaban J connectivity index is 1.62. The molecule has 0 spiro atoms. The van der Waals surface area contributed by atoms with E-state index < -0.39 is 0 Å². The first-order chi connectivity index (χ1) is 14.6. The molecule has 3 aromatic rings. The minimum absolute atomic E-state index is 0.00856. The van der Waals surface area contributed by atoms with Crippen molar-refractivity contribution >= 4 is 28.8 Å². The Hall–Kier alpha value is -3.41. The third kappa shape index (κ3) is 3.99. The number of nitrogens with zero attached hydrogens (tertiary/aromatic N) is 4. The summed E-state index contributed by atoms with van der Waals surface area (Å²) in [7, 11) is 0. The number of fused-ring (bicyclic) bond motifs is 1. The number of aryl methyl sites for hydroxylation is 1. The number of nitrogens with one attached hydrogen (secondary N) is 1. The highest BCUT2D eigenvalue weighted by Gasteiger charge is 2.23. The van der Waals surface area contributed by atoms with Crippen LogP contribution in [0.25, 0.3) is 17.1 Å². The van der Waals surface area contributed by atoms with Crippen LogP contribution < -0.4 is 5.32 Å². The largest absolute Gasteiger partial charge is 0.369 e. The van der Waals surface area contributed by atoms with E-state index in [0.717, 1.165) is 59.7 Å². The molecular formula is C24H27N5O. The van der Waals surface area contributed by atoms with Gasteiger partial charge in [-0.3, -0.25) is 9.78 Å². The van der Waals surface area contributed by atoms with E-state index in [1.54, 1.807) is 0 Å². The molecule has 154 valence electrons. The minimum Gasteiger partial charge on any atom is -0.369 e. The highest BCUT2D eigenvalue weighted by molar-refractivity contribution is 5.87. The second-order valence-corrected chi connectivity index (χ2v) is 7.67. The lowest BCUT2D eigenvalue weighted by molar-refractivity contribution is -0.126. The van der Waals surface area contributed by atoms with Gasteiger partial charge in [0.05, 0.1) is 12.2 Å². The van der Waals surface area contributed by atoms with Crippen molar-refractivity contribution in [3.05, 3.63) is 72.7 Å². The second kappa shape index (κ2) is 8.53. The molecule has 0 bridgehead atoms. The topological polar surface area (TPSA) is 63.1 Å². The van der Waals surface area contributed by atoms with Crippen molar-refractivity contribution < 1.29 is 4.79 Å². The van der Waals surface area contributed by atoms with Crippen molar-refractivity contribution in [3.8, 4) is 0 Å². The molecule has 1 aliphatic rings. The number of likely N-dealkylation sites (tertiary alicyclic amines) is 1. The standard InChI is InChI=1S/C24H27N5O/c1-4-18-9-8-17(3)26-21(18)16-29-22(15-19-7-6-12-25-24(19)29)27-20-10-13-28(14-11-20)23(30)5-2/h4-9,12,15,20,27H,1-2,10-11,13-14,16H2,3H3. The van der Waals surface area contributed by atoms with Gasteiger partial charge in [0.15, 0.2) is 0 Å². The summed E-state index contributed by atoms with van der Waals surface area (Å²) in [4.78, 5) is 23.1. The van der Waals surface area contributed by atoms with Crippen LogP contribution in [0.15, 0.2) is 55.8 Å². The minimum atomic E-state index is 0.00856. The van der Waals surface area contributed by atoms with Crippen molar-refractivity contribution in [2.45, 2.75) is 32.4 Å². The number of carbonyl (C=O) groups is 1. The third-order valence-electron chi connectivity index (χ3n) is 5.67. The Labute approximate surface area is 176 Å². The van der Waals surface area contributed by atoms with Gasteiger partial charge in [0.2, 0.25) is 5.91 Å². The van der Waals surface area contributed by atoms with Gasteiger partial charge in [-0.25, -0.2) is 4.98 Å². The van der Waals surface area contributed by atoms with Gasteiger partial charge in [0, 0.05) is 36.4 Å². The summed E-state index contributed by atoms with van der Waals surface area (Å²) in [5, 5.41) is 4.78. The summed E-state index contributed by atoms with van der Waals surface area (Å²) in [6.07, 6.45) is 6.86. The van der Waals surface area contributed by atoms with E-state index in [2.05, 4.69) is 46.2 Å². The predicted octanol–water partition coefficient (Wildman–Crippen LogP) is 4.02. The number of hydrogen-bond donors (Lipinski definition) is 1. The number of rotatable bonds is 6. The summed E-state index contributed by atoms with van der Waals surface area (Å²) >= 11 is 0. The van der Waals surface area contributed by atoms with Crippen molar-refractivity contribution in [2.75, 3.05) is 18.4 Å². The highest BCUT2D eigenvalue weighted by Crippen LogP contribution is 2.26. The van der Waals surface area contributed by atoms with Crippen LogP contribution in [-0.2, 0) is 11.3 Å². The van der Waals surface area contributed by atoms with Gasteiger partial charge >= 0.3 is 0 Å². The zero-order valence-electron chi connectivity index (χ0n) is 17.3. The summed E-state index contributed by atoms with van der Waals surface area (Å²) in [6.45, 7) is 11.6. The lowest BCUT2D eigenvalue weighted by atomic mass is 10.0. The van der Waals surface area contributed by atoms with Crippen LogP contribution in [-0.4, -0.2) is 44.5 Å². The average Bonchev–Trinajstić information content (AvgIpc) is 3.11. The maximum Gasteiger partial charge on any atom is 0.245 e. The molecule has 1 aliphatic heterocycles. The lowest BCUT2D eigenvalue weighted by Crippen LogP contribution is -2.41. The second-order valence-electron chi connectivity index (χ2n) is 7.67.